The maximum Gasteiger partial charge on any atom is 0.416 e. The molecule has 1 rings (SSSR count). The molecule has 0 spiro atoms. The van der Waals surface area contributed by atoms with Gasteiger partial charge in [-0.05, 0) is 11.6 Å². The molecule has 3 nitrogen and oxygen atoms in total. The summed E-state index contributed by atoms with van der Waals surface area (Å²) < 4.78 is 49.1. The summed E-state index contributed by atoms with van der Waals surface area (Å²) in [5.41, 5.74) is -0.515. The molecule has 106 valence electrons. The van der Waals surface area contributed by atoms with Crippen molar-refractivity contribution in [3.05, 3.63) is 35.4 Å². The zero-order chi connectivity index (χ0) is 14.6. The molecule has 1 N–H and O–H groups in total. The van der Waals surface area contributed by atoms with Gasteiger partial charge in [0.2, 0.25) is 0 Å². The highest BCUT2D eigenvalue weighted by atomic mass is 32.2. The van der Waals surface area contributed by atoms with Crippen molar-refractivity contribution < 1.29 is 27.3 Å². The number of carboxylic acids is 1. The standard InChI is InChI=1S/C12H13F3O3S/c1-8(11(16)17)6-19(18)7-9-3-2-4-10(5-9)12(13,14)15/h2-5,8H,6-7H2,1H3,(H,16,17). The van der Waals surface area contributed by atoms with E-state index in [0.717, 1.165) is 12.1 Å². The van der Waals surface area contributed by atoms with E-state index in [2.05, 4.69) is 0 Å². The second-order valence-corrected chi connectivity index (χ2v) is 5.69. The fourth-order valence-electron chi connectivity index (χ4n) is 1.43. The van der Waals surface area contributed by atoms with E-state index in [9.17, 15) is 22.2 Å². The number of rotatable bonds is 5. The van der Waals surface area contributed by atoms with Gasteiger partial charge in [0.15, 0.2) is 0 Å². The van der Waals surface area contributed by atoms with Crippen molar-refractivity contribution >= 4 is 16.8 Å². The van der Waals surface area contributed by atoms with Crippen LogP contribution in [0.3, 0.4) is 0 Å². The van der Waals surface area contributed by atoms with Crippen molar-refractivity contribution in [2.24, 2.45) is 5.92 Å². The molecule has 1 aromatic carbocycles. The molecule has 0 aliphatic carbocycles. The highest BCUT2D eigenvalue weighted by molar-refractivity contribution is 7.84. The number of halogens is 3. The summed E-state index contributed by atoms with van der Waals surface area (Å²) in [6, 6.07) is 4.56. The van der Waals surface area contributed by atoms with Crippen LogP contribution in [0.4, 0.5) is 13.2 Å². The van der Waals surface area contributed by atoms with E-state index in [1.165, 1.54) is 19.1 Å². The Bertz CT molecular complexity index is 485. The van der Waals surface area contributed by atoms with Gasteiger partial charge in [-0.3, -0.25) is 9.00 Å². The summed E-state index contributed by atoms with van der Waals surface area (Å²) >= 11 is 0. The fourth-order valence-corrected chi connectivity index (χ4v) is 2.80. The van der Waals surface area contributed by atoms with Crippen molar-refractivity contribution in [1.29, 1.82) is 0 Å². The summed E-state index contributed by atoms with van der Waals surface area (Å²) in [6.45, 7) is 1.41. The molecule has 0 saturated heterocycles. The monoisotopic (exact) mass is 294 g/mol. The molecule has 1 aromatic rings. The quantitative estimate of drug-likeness (QED) is 0.908. The molecule has 0 aromatic heterocycles. The Morgan fingerprint density at radius 2 is 2.05 bits per heavy atom. The molecule has 0 amide bonds. The first-order valence-corrected chi connectivity index (χ1v) is 6.93. The Hall–Kier alpha value is -1.37. The summed E-state index contributed by atoms with van der Waals surface area (Å²) in [5, 5.41) is 8.66. The maximum absolute atomic E-state index is 12.5. The van der Waals surface area contributed by atoms with Gasteiger partial charge in [0.05, 0.1) is 11.5 Å². The number of aliphatic carboxylic acids is 1. The molecule has 0 aliphatic heterocycles. The first-order chi connectivity index (χ1) is 8.70. The zero-order valence-corrected chi connectivity index (χ0v) is 10.9. The number of hydrogen-bond acceptors (Lipinski definition) is 2. The van der Waals surface area contributed by atoms with E-state index in [0.29, 0.717) is 0 Å². The van der Waals surface area contributed by atoms with Crippen LogP contribution < -0.4 is 0 Å². The predicted molar refractivity (Wildman–Crippen MR) is 65.0 cm³/mol. The van der Waals surface area contributed by atoms with Gasteiger partial charge in [0.25, 0.3) is 0 Å². The Balaban J connectivity index is 2.73. The summed E-state index contributed by atoms with van der Waals surface area (Å²) in [7, 11) is -1.50. The van der Waals surface area contributed by atoms with Crippen LogP contribution in [0, 0.1) is 5.92 Å². The van der Waals surface area contributed by atoms with Crippen LogP contribution in [-0.2, 0) is 27.5 Å². The Labute approximate surface area is 110 Å². The highest BCUT2D eigenvalue weighted by Crippen LogP contribution is 2.29. The van der Waals surface area contributed by atoms with Crippen molar-refractivity contribution in [1.82, 2.24) is 0 Å². The second-order valence-electron chi connectivity index (χ2n) is 4.19. The molecule has 0 bridgehead atoms. The van der Waals surface area contributed by atoms with Crippen molar-refractivity contribution in [2.75, 3.05) is 5.75 Å². The minimum Gasteiger partial charge on any atom is -0.481 e. The fraction of sp³-hybridized carbons (Fsp3) is 0.417. The largest absolute Gasteiger partial charge is 0.481 e. The Morgan fingerprint density at radius 3 is 2.58 bits per heavy atom. The van der Waals surface area contributed by atoms with Gasteiger partial charge in [-0.15, -0.1) is 0 Å². The van der Waals surface area contributed by atoms with Gasteiger partial charge in [-0.1, -0.05) is 25.1 Å². The van der Waals surface area contributed by atoms with Crippen LogP contribution >= 0.6 is 0 Å². The summed E-state index contributed by atoms with van der Waals surface area (Å²) in [4.78, 5) is 10.6. The molecule has 19 heavy (non-hydrogen) atoms. The van der Waals surface area contributed by atoms with Crippen LogP contribution in [0.1, 0.15) is 18.1 Å². The van der Waals surface area contributed by atoms with Crippen LogP contribution in [0.2, 0.25) is 0 Å². The summed E-state index contributed by atoms with van der Waals surface area (Å²) in [5.74, 6) is -2.02. The Kier molecular flexibility index (Phi) is 5.11. The molecular formula is C12H13F3O3S. The minimum atomic E-state index is -4.44. The third-order valence-corrected chi connectivity index (χ3v) is 3.97. The molecule has 7 heteroatoms. The van der Waals surface area contributed by atoms with Gasteiger partial charge in [-0.2, -0.15) is 13.2 Å². The lowest BCUT2D eigenvalue weighted by molar-refractivity contribution is -0.140. The van der Waals surface area contributed by atoms with Crippen LogP contribution in [-0.4, -0.2) is 21.0 Å². The maximum atomic E-state index is 12.5. The first kappa shape index (κ1) is 15.7. The highest BCUT2D eigenvalue weighted by Gasteiger charge is 2.30. The average Bonchev–Trinajstić information content (AvgIpc) is 2.27. The summed E-state index contributed by atoms with van der Waals surface area (Å²) in [6.07, 6.45) is -4.44. The van der Waals surface area contributed by atoms with E-state index in [1.807, 2.05) is 0 Å². The van der Waals surface area contributed by atoms with Crippen molar-refractivity contribution in [3.63, 3.8) is 0 Å². The molecule has 0 aliphatic rings. The van der Waals surface area contributed by atoms with E-state index in [4.69, 9.17) is 5.11 Å². The number of alkyl halides is 3. The van der Waals surface area contributed by atoms with Crippen molar-refractivity contribution in [2.45, 2.75) is 18.9 Å². The van der Waals surface area contributed by atoms with E-state index < -0.39 is 34.4 Å². The average molecular weight is 294 g/mol. The number of hydrogen-bond donors (Lipinski definition) is 1. The van der Waals surface area contributed by atoms with E-state index >= 15 is 0 Å². The lowest BCUT2D eigenvalue weighted by Crippen LogP contribution is -2.18. The van der Waals surface area contributed by atoms with Crippen molar-refractivity contribution in [3.8, 4) is 0 Å². The lowest BCUT2D eigenvalue weighted by Gasteiger charge is -2.09. The lowest BCUT2D eigenvalue weighted by atomic mass is 10.1. The normalized spacial score (nSPS) is 14.9. The van der Waals surface area contributed by atoms with Crippen LogP contribution in [0.25, 0.3) is 0 Å². The SMILES string of the molecule is CC(CS(=O)Cc1cccc(C(F)(F)F)c1)C(=O)O. The van der Waals surface area contributed by atoms with Crippen LogP contribution in [0.15, 0.2) is 24.3 Å². The van der Waals surface area contributed by atoms with Gasteiger partial charge in [0.1, 0.15) is 0 Å². The van der Waals surface area contributed by atoms with Gasteiger partial charge < -0.3 is 5.11 Å². The first-order valence-electron chi connectivity index (χ1n) is 5.44. The van der Waals surface area contributed by atoms with Gasteiger partial charge >= 0.3 is 12.1 Å². The Morgan fingerprint density at radius 1 is 1.42 bits per heavy atom. The number of carboxylic acid groups (broad SMARTS) is 1. The zero-order valence-electron chi connectivity index (χ0n) is 10.1. The number of carbonyl (C=O) groups is 1. The molecule has 2 unspecified atom stereocenters. The number of benzene rings is 1. The molecule has 0 saturated carbocycles. The minimum absolute atomic E-state index is 0.0778. The molecule has 0 fully saturated rings. The molecular weight excluding hydrogens is 281 g/mol. The topological polar surface area (TPSA) is 54.4 Å². The third-order valence-electron chi connectivity index (χ3n) is 2.44. The molecule has 0 radical (unpaired) electrons. The van der Waals surface area contributed by atoms with Crippen LogP contribution in [0.5, 0.6) is 0 Å². The van der Waals surface area contributed by atoms with Gasteiger partial charge in [-0.25, -0.2) is 0 Å². The second kappa shape index (κ2) is 6.18. The predicted octanol–water partition coefficient (Wildman–Crippen LogP) is 2.67. The van der Waals surface area contributed by atoms with E-state index in [-0.39, 0.29) is 17.1 Å². The van der Waals surface area contributed by atoms with Gasteiger partial charge in [0, 0.05) is 22.3 Å². The van der Waals surface area contributed by atoms with E-state index in [1.54, 1.807) is 0 Å². The molecule has 2 atom stereocenters. The molecule has 0 heterocycles. The third kappa shape index (κ3) is 5.02. The smallest absolute Gasteiger partial charge is 0.416 e.